The van der Waals surface area contributed by atoms with Gasteiger partial charge >= 0.3 is 0 Å². The van der Waals surface area contributed by atoms with E-state index in [0.29, 0.717) is 17.6 Å². The highest BCUT2D eigenvalue weighted by Gasteiger charge is 2.15. The Morgan fingerprint density at radius 1 is 1.47 bits per heavy atom. The summed E-state index contributed by atoms with van der Waals surface area (Å²) >= 11 is 5.89. The molecule has 1 heterocycles. The van der Waals surface area contributed by atoms with Crippen molar-refractivity contribution in [3.63, 3.8) is 0 Å². The Hall–Kier alpha value is -1.13. The molecule has 1 fully saturated rings. The Kier molecular flexibility index (Phi) is 5.16. The smallest absolute Gasteiger partial charge is 0.224 e. The highest BCUT2D eigenvalue weighted by molar-refractivity contribution is 6.31. The summed E-state index contributed by atoms with van der Waals surface area (Å²) in [4.78, 5) is 11.8. The van der Waals surface area contributed by atoms with Crippen LogP contribution in [0, 0.1) is 5.82 Å². The standard InChI is InChI=1S/C14H18ClFN2O/c15-12-5-3-6-13(16)11(12)8-14(19)18-9-10-4-1-2-7-17-10/h3,5-6,10,17H,1-2,4,7-9H2,(H,18,19). The van der Waals surface area contributed by atoms with E-state index < -0.39 is 5.82 Å². The van der Waals surface area contributed by atoms with Crippen molar-refractivity contribution in [3.05, 3.63) is 34.6 Å². The van der Waals surface area contributed by atoms with Crippen molar-refractivity contribution in [2.75, 3.05) is 13.1 Å². The van der Waals surface area contributed by atoms with Crippen LogP contribution in [0.15, 0.2) is 18.2 Å². The summed E-state index contributed by atoms with van der Waals surface area (Å²) < 4.78 is 13.5. The van der Waals surface area contributed by atoms with Crippen molar-refractivity contribution >= 4 is 17.5 Å². The van der Waals surface area contributed by atoms with Gasteiger partial charge in [0.2, 0.25) is 5.91 Å². The van der Waals surface area contributed by atoms with E-state index in [2.05, 4.69) is 10.6 Å². The number of hydrogen-bond donors (Lipinski definition) is 2. The van der Waals surface area contributed by atoms with E-state index in [1.807, 2.05) is 0 Å². The third-order valence-corrected chi connectivity index (χ3v) is 3.71. The summed E-state index contributed by atoms with van der Waals surface area (Å²) in [6, 6.07) is 4.77. The molecule has 0 radical (unpaired) electrons. The average Bonchev–Trinajstić information content (AvgIpc) is 2.42. The molecule has 104 valence electrons. The minimum absolute atomic E-state index is 0.0156. The number of nitrogens with one attached hydrogen (secondary N) is 2. The maximum Gasteiger partial charge on any atom is 0.224 e. The minimum Gasteiger partial charge on any atom is -0.354 e. The van der Waals surface area contributed by atoms with Crippen molar-refractivity contribution in [1.29, 1.82) is 0 Å². The third kappa shape index (κ3) is 4.18. The fourth-order valence-corrected chi connectivity index (χ4v) is 2.49. The van der Waals surface area contributed by atoms with E-state index in [-0.39, 0.29) is 17.9 Å². The van der Waals surface area contributed by atoms with Gasteiger partial charge in [-0.2, -0.15) is 0 Å². The molecule has 1 saturated heterocycles. The fourth-order valence-electron chi connectivity index (χ4n) is 2.26. The lowest BCUT2D eigenvalue weighted by Gasteiger charge is -2.23. The van der Waals surface area contributed by atoms with Crippen molar-refractivity contribution < 1.29 is 9.18 Å². The van der Waals surface area contributed by atoms with Crippen LogP contribution in [0.4, 0.5) is 4.39 Å². The number of halogens is 2. The maximum atomic E-state index is 13.5. The molecule has 2 N–H and O–H groups in total. The Labute approximate surface area is 117 Å². The maximum absolute atomic E-state index is 13.5. The molecule has 0 aliphatic carbocycles. The summed E-state index contributed by atoms with van der Waals surface area (Å²) in [5.74, 6) is -0.627. The number of hydrogen-bond acceptors (Lipinski definition) is 2. The van der Waals surface area contributed by atoms with Gasteiger partial charge in [0.15, 0.2) is 0 Å². The first-order chi connectivity index (χ1) is 9.16. The number of benzene rings is 1. The molecule has 0 bridgehead atoms. The van der Waals surface area contributed by atoms with Gasteiger partial charge in [0.25, 0.3) is 0 Å². The second kappa shape index (κ2) is 6.87. The number of carbonyl (C=O) groups excluding carboxylic acids is 1. The second-order valence-corrected chi connectivity index (χ2v) is 5.24. The van der Waals surface area contributed by atoms with Crippen molar-refractivity contribution in [1.82, 2.24) is 10.6 Å². The molecule has 1 aliphatic rings. The Bertz CT molecular complexity index is 427. The Morgan fingerprint density at radius 2 is 2.32 bits per heavy atom. The molecule has 1 aliphatic heterocycles. The molecular formula is C14H18ClFN2O. The Balaban J connectivity index is 1.83. The largest absolute Gasteiger partial charge is 0.354 e. The van der Waals surface area contributed by atoms with Gasteiger partial charge in [-0.25, -0.2) is 4.39 Å². The van der Waals surface area contributed by atoms with Crippen LogP contribution in [0.5, 0.6) is 0 Å². The van der Waals surface area contributed by atoms with Crippen molar-refractivity contribution in [3.8, 4) is 0 Å². The van der Waals surface area contributed by atoms with Crippen LogP contribution in [0.2, 0.25) is 5.02 Å². The van der Waals surface area contributed by atoms with E-state index in [9.17, 15) is 9.18 Å². The Morgan fingerprint density at radius 3 is 3.00 bits per heavy atom. The van der Waals surface area contributed by atoms with Crippen LogP contribution >= 0.6 is 11.6 Å². The predicted molar refractivity (Wildman–Crippen MR) is 73.8 cm³/mol. The number of carbonyl (C=O) groups is 1. The molecule has 1 aromatic rings. The van der Waals surface area contributed by atoms with Gasteiger partial charge in [0.05, 0.1) is 6.42 Å². The van der Waals surface area contributed by atoms with Crippen LogP contribution in [0.1, 0.15) is 24.8 Å². The highest BCUT2D eigenvalue weighted by Crippen LogP contribution is 2.19. The number of piperidine rings is 1. The van der Waals surface area contributed by atoms with E-state index in [4.69, 9.17) is 11.6 Å². The lowest BCUT2D eigenvalue weighted by molar-refractivity contribution is -0.120. The summed E-state index contributed by atoms with van der Waals surface area (Å²) in [7, 11) is 0. The highest BCUT2D eigenvalue weighted by atomic mass is 35.5. The van der Waals surface area contributed by atoms with Crippen LogP contribution in [0.3, 0.4) is 0 Å². The molecule has 2 rings (SSSR count). The van der Waals surface area contributed by atoms with E-state index in [0.717, 1.165) is 13.0 Å². The number of amides is 1. The van der Waals surface area contributed by atoms with E-state index in [1.165, 1.54) is 25.0 Å². The first-order valence-electron chi connectivity index (χ1n) is 6.60. The fraction of sp³-hybridized carbons (Fsp3) is 0.500. The van der Waals surface area contributed by atoms with Gasteiger partial charge in [-0.15, -0.1) is 0 Å². The lowest BCUT2D eigenvalue weighted by Crippen LogP contribution is -2.43. The zero-order valence-corrected chi connectivity index (χ0v) is 11.5. The van der Waals surface area contributed by atoms with Crippen LogP contribution in [0.25, 0.3) is 0 Å². The molecule has 5 heteroatoms. The SMILES string of the molecule is O=C(Cc1c(F)cccc1Cl)NCC1CCCCN1. The molecule has 1 amide bonds. The van der Waals surface area contributed by atoms with Gasteiger partial charge < -0.3 is 10.6 Å². The van der Waals surface area contributed by atoms with Crippen LogP contribution in [-0.4, -0.2) is 25.0 Å². The average molecular weight is 285 g/mol. The topological polar surface area (TPSA) is 41.1 Å². The van der Waals surface area contributed by atoms with E-state index >= 15 is 0 Å². The summed E-state index contributed by atoms with van der Waals surface area (Å²) in [6.07, 6.45) is 3.43. The zero-order valence-electron chi connectivity index (χ0n) is 10.7. The molecule has 1 unspecified atom stereocenters. The quantitative estimate of drug-likeness (QED) is 0.891. The van der Waals surface area contributed by atoms with Gasteiger partial charge in [-0.05, 0) is 31.5 Å². The molecule has 0 saturated carbocycles. The molecular weight excluding hydrogens is 267 g/mol. The monoisotopic (exact) mass is 284 g/mol. The first kappa shape index (κ1) is 14.3. The van der Waals surface area contributed by atoms with Crippen LogP contribution in [-0.2, 0) is 11.2 Å². The normalized spacial score (nSPS) is 19.2. The van der Waals surface area contributed by atoms with Gasteiger partial charge in [0.1, 0.15) is 5.82 Å². The van der Waals surface area contributed by atoms with Crippen molar-refractivity contribution in [2.45, 2.75) is 31.7 Å². The lowest BCUT2D eigenvalue weighted by atomic mass is 10.0. The summed E-state index contributed by atoms with van der Waals surface area (Å²) in [6.45, 7) is 1.59. The molecule has 1 aromatic carbocycles. The van der Waals surface area contributed by atoms with Gasteiger partial charge in [-0.3, -0.25) is 4.79 Å². The van der Waals surface area contributed by atoms with E-state index in [1.54, 1.807) is 6.07 Å². The van der Waals surface area contributed by atoms with Gasteiger partial charge in [-0.1, -0.05) is 24.1 Å². The van der Waals surface area contributed by atoms with Gasteiger partial charge in [0, 0.05) is 23.2 Å². The number of rotatable bonds is 4. The third-order valence-electron chi connectivity index (χ3n) is 3.36. The molecule has 0 spiro atoms. The predicted octanol–water partition coefficient (Wildman–Crippen LogP) is 2.28. The summed E-state index contributed by atoms with van der Waals surface area (Å²) in [5.41, 5.74) is 0.262. The molecule has 3 nitrogen and oxygen atoms in total. The zero-order chi connectivity index (χ0) is 13.7. The molecule has 0 aromatic heterocycles. The first-order valence-corrected chi connectivity index (χ1v) is 6.97. The molecule has 1 atom stereocenters. The van der Waals surface area contributed by atoms with Crippen molar-refractivity contribution in [2.24, 2.45) is 0 Å². The van der Waals surface area contributed by atoms with Crippen LogP contribution < -0.4 is 10.6 Å². The second-order valence-electron chi connectivity index (χ2n) is 4.83. The summed E-state index contributed by atoms with van der Waals surface area (Å²) in [5, 5.41) is 6.47. The minimum atomic E-state index is -0.432. The molecule has 19 heavy (non-hydrogen) atoms.